The van der Waals surface area contributed by atoms with Crippen LogP contribution in [0.25, 0.3) is 5.82 Å². The maximum Gasteiger partial charge on any atom is 0.256 e. The van der Waals surface area contributed by atoms with Gasteiger partial charge >= 0.3 is 0 Å². The van der Waals surface area contributed by atoms with Crippen LogP contribution in [0.4, 0.5) is 5.82 Å². The number of aryl methyl sites for hydroxylation is 1. The van der Waals surface area contributed by atoms with E-state index in [1.165, 1.54) is 11.3 Å². The molecule has 0 spiro atoms. The zero-order valence-corrected chi connectivity index (χ0v) is 17.7. The highest BCUT2D eigenvalue weighted by Gasteiger charge is 2.25. The third-order valence-electron chi connectivity index (χ3n) is 4.91. The predicted octanol–water partition coefficient (Wildman–Crippen LogP) is 3.61. The number of carbonyl (C=O) groups is 1. The van der Waals surface area contributed by atoms with E-state index in [9.17, 15) is 4.79 Å². The maximum atomic E-state index is 12.7. The fourth-order valence-electron chi connectivity index (χ4n) is 3.17. The number of hydrogen-bond donors (Lipinski definition) is 0. The first-order valence-electron chi connectivity index (χ1n) is 8.76. The number of nitrogens with zero attached hydrogens (tertiary/aromatic N) is 6. The van der Waals surface area contributed by atoms with Crippen LogP contribution in [-0.2, 0) is 0 Å². The molecule has 0 atom stereocenters. The molecule has 1 amide bonds. The number of rotatable bonds is 3. The summed E-state index contributed by atoms with van der Waals surface area (Å²) in [6.45, 7) is 6.52. The first-order chi connectivity index (χ1) is 13.4. The first kappa shape index (κ1) is 19.2. The van der Waals surface area contributed by atoms with Crippen LogP contribution in [0.5, 0.6) is 0 Å². The van der Waals surface area contributed by atoms with Crippen LogP contribution in [0.1, 0.15) is 21.7 Å². The van der Waals surface area contributed by atoms with E-state index in [-0.39, 0.29) is 5.91 Å². The monoisotopic (exact) mass is 436 g/mol. The van der Waals surface area contributed by atoms with Gasteiger partial charge < -0.3 is 9.80 Å². The molecule has 3 aromatic rings. The van der Waals surface area contributed by atoms with Gasteiger partial charge in [-0.1, -0.05) is 23.2 Å². The molecule has 1 aliphatic heterocycles. The van der Waals surface area contributed by atoms with E-state index >= 15 is 0 Å². The van der Waals surface area contributed by atoms with Crippen LogP contribution >= 0.6 is 34.5 Å². The Hall–Kier alpha value is -2.16. The molecule has 0 bridgehead atoms. The Morgan fingerprint density at radius 3 is 2.36 bits per heavy atom. The zero-order chi connectivity index (χ0) is 19.8. The zero-order valence-electron chi connectivity index (χ0n) is 15.4. The van der Waals surface area contributed by atoms with Gasteiger partial charge in [-0.3, -0.25) is 9.36 Å². The van der Waals surface area contributed by atoms with Crippen molar-refractivity contribution in [1.82, 2.24) is 24.4 Å². The van der Waals surface area contributed by atoms with Gasteiger partial charge in [0.2, 0.25) is 0 Å². The van der Waals surface area contributed by atoms with Gasteiger partial charge in [0.25, 0.3) is 5.91 Å². The van der Waals surface area contributed by atoms with Crippen molar-refractivity contribution in [2.75, 3.05) is 31.1 Å². The fourth-order valence-corrected chi connectivity index (χ4v) is 4.61. The summed E-state index contributed by atoms with van der Waals surface area (Å²) in [4.78, 5) is 29.7. The van der Waals surface area contributed by atoms with E-state index in [4.69, 9.17) is 23.2 Å². The molecule has 10 heteroatoms. The minimum atomic E-state index is -0.0827. The normalized spacial score (nSPS) is 14.6. The minimum absolute atomic E-state index is 0.0827. The van der Waals surface area contributed by atoms with Crippen molar-refractivity contribution in [3.05, 3.63) is 50.4 Å². The smallest absolute Gasteiger partial charge is 0.256 e. The summed E-state index contributed by atoms with van der Waals surface area (Å²) in [6.07, 6.45) is 3.33. The number of hydrogen-bond acceptors (Lipinski definition) is 6. The van der Waals surface area contributed by atoms with Crippen LogP contribution in [0.15, 0.2) is 24.8 Å². The molecule has 7 nitrogen and oxygen atoms in total. The van der Waals surface area contributed by atoms with Crippen molar-refractivity contribution < 1.29 is 4.79 Å². The highest BCUT2D eigenvalue weighted by Crippen LogP contribution is 2.32. The van der Waals surface area contributed by atoms with Crippen molar-refractivity contribution >= 4 is 46.3 Å². The lowest BCUT2D eigenvalue weighted by molar-refractivity contribution is 0.0747. The van der Waals surface area contributed by atoms with E-state index in [0.29, 0.717) is 40.4 Å². The number of amides is 1. The van der Waals surface area contributed by atoms with Crippen molar-refractivity contribution in [3.63, 3.8) is 0 Å². The van der Waals surface area contributed by atoms with Crippen molar-refractivity contribution in [1.29, 1.82) is 0 Å². The molecular weight excluding hydrogens is 419 g/mol. The molecule has 3 aromatic heterocycles. The van der Waals surface area contributed by atoms with Crippen LogP contribution < -0.4 is 4.90 Å². The molecular formula is C18H18Cl2N6OS. The second-order valence-corrected chi connectivity index (χ2v) is 8.82. The Labute approximate surface area is 176 Å². The summed E-state index contributed by atoms with van der Waals surface area (Å²) < 4.78 is 2.90. The van der Waals surface area contributed by atoms with Gasteiger partial charge in [-0.05, 0) is 19.9 Å². The van der Waals surface area contributed by atoms with Gasteiger partial charge in [0.05, 0.1) is 15.6 Å². The number of carbonyl (C=O) groups excluding carboxylic acids is 1. The van der Waals surface area contributed by atoms with E-state index in [0.717, 1.165) is 23.0 Å². The van der Waals surface area contributed by atoms with Gasteiger partial charge in [-0.25, -0.2) is 15.0 Å². The standard InChI is InChI=1S/C18H18Cl2N6OS/c1-11-12(2)26(10-23-11)16-8-15(21-9-22-16)24-3-5-25(6-4-24)18(27)13-7-14(19)28-17(13)20/h7-10H,3-6H2,1-2H3. The summed E-state index contributed by atoms with van der Waals surface area (Å²) >= 11 is 13.3. The molecule has 0 aromatic carbocycles. The molecule has 0 unspecified atom stereocenters. The Morgan fingerprint density at radius 2 is 1.75 bits per heavy atom. The highest BCUT2D eigenvalue weighted by molar-refractivity contribution is 7.20. The van der Waals surface area contributed by atoms with E-state index in [1.807, 2.05) is 24.5 Å². The second-order valence-electron chi connectivity index (χ2n) is 6.54. The van der Waals surface area contributed by atoms with Gasteiger partial charge in [-0.15, -0.1) is 11.3 Å². The van der Waals surface area contributed by atoms with E-state index in [1.54, 1.807) is 23.6 Å². The lowest BCUT2D eigenvalue weighted by Crippen LogP contribution is -2.49. The third-order valence-corrected chi connectivity index (χ3v) is 6.40. The maximum absolute atomic E-state index is 12.7. The lowest BCUT2D eigenvalue weighted by Gasteiger charge is -2.35. The van der Waals surface area contributed by atoms with Crippen molar-refractivity contribution in [2.45, 2.75) is 13.8 Å². The molecule has 1 saturated heterocycles. The number of aromatic nitrogens is 4. The molecule has 1 aliphatic rings. The summed E-state index contributed by atoms with van der Waals surface area (Å²) in [7, 11) is 0. The Bertz CT molecular complexity index is 1030. The Balaban J connectivity index is 1.47. The Kier molecular flexibility index (Phi) is 5.27. The minimum Gasteiger partial charge on any atom is -0.353 e. The molecule has 0 saturated carbocycles. The average molecular weight is 437 g/mol. The first-order valence-corrected chi connectivity index (χ1v) is 10.3. The van der Waals surface area contributed by atoms with Crippen molar-refractivity contribution in [3.8, 4) is 5.82 Å². The summed E-state index contributed by atoms with van der Waals surface area (Å²) in [5, 5.41) is 0. The molecule has 0 radical (unpaired) electrons. The van der Waals surface area contributed by atoms with Gasteiger partial charge in [-0.2, -0.15) is 0 Å². The third kappa shape index (κ3) is 3.59. The van der Waals surface area contributed by atoms with Crippen molar-refractivity contribution in [2.24, 2.45) is 0 Å². The Morgan fingerprint density at radius 1 is 1.04 bits per heavy atom. The summed E-state index contributed by atoms with van der Waals surface area (Å²) in [5.74, 6) is 1.53. The van der Waals surface area contributed by atoms with Crippen LogP contribution in [0.3, 0.4) is 0 Å². The SMILES string of the molecule is Cc1ncn(-c2cc(N3CCN(C(=O)c4cc(Cl)sc4Cl)CC3)ncn2)c1C. The van der Waals surface area contributed by atoms with E-state index in [2.05, 4.69) is 19.9 Å². The van der Waals surface area contributed by atoms with Gasteiger partial charge in [0, 0.05) is 37.9 Å². The van der Waals surface area contributed by atoms with Crippen LogP contribution in [0.2, 0.25) is 8.67 Å². The molecule has 4 heterocycles. The quantitative estimate of drug-likeness (QED) is 0.627. The summed E-state index contributed by atoms with van der Waals surface area (Å²) in [6, 6.07) is 3.58. The molecule has 4 rings (SSSR count). The lowest BCUT2D eigenvalue weighted by atomic mass is 10.2. The van der Waals surface area contributed by atoms with Crippen LogP contribution in [-0.4, -0.2) is 56.5 Å². The summed E-state index contributed by atoms with van der Waals surface area (Å²) in [5.41, 5.74) is 2.49. The topological polar surface area (TPSA) is 67.2 Å². The average Bonchev–Trinajstić information content (AvgIpc) is 3.22. The van der Waals surface area contributed by atoms with Gasteiger partial charge in [0.15, 0.2) is 0 Å². The molecule has 28 heavy (non-hydrogen) atoms. The number of imidazole rings is 1. The number of anilines is 1. The molecule has 0 aliphatic carbocycles. The van der Waals surface area contributed by atoms with Gasteiger partial charge in [0.1, 0.15) is 28.6 Å². The molecule has 1 fully saturated rings. The fraction of sp³-hybridized carbons (Fsp3) is 0.333. The molecule has 0 N–H and O–H groups in total. The molecule has 146 valence electrons. The number of thiophene rings is 1. The number of halogens is 2. The predicted molar refractivity (Wildman–Crippen MR) is 111 cm³/mol. The second kappa shape index (κ2) is 7.69. The largest absolute Gasteiger partial charge is 0.353 e. The number of piperazine rings is 1. The highest BCUT2D eigenvalue weighted by atomic mass is 35.5. The van der Waals surface area contributed by atoms with E-state index < -0.39 is 0 Å². The van der Waals surface area contributed by atoms with Crippen LogP contribution in [0, 0.1) is 13.8 Å².